The Kier molecular flexibility index (Phi) is 4.65. The number of amides is 1. The fourth-order valence-corrected chi connectivity index (χ4v) is 2.34. The molecule has 1 atom stereocenters. The summed E-state index contributed by atoms with van der Waals surface area (Å²) in [7, 11) is 0. The third kappa shape index (κ3) is 3.65. The summed E-state index contributed by atoms with van der Waals surface area (Å²) in [5.74, 6) is 0.448. The predicted molar refractivity (Wildman–Crippen MR) is 85.8 cm³/mol. The summed E-state index contributed by atoms with van der Waals surface area (Å²) >= 11 is 0. The molecule has 2 aromatic carbocycles. The number of carbonyl (C=O) groups is 2. The molecule has 124 valence electrons. The molecule has 6 heteroatoms. The van der Waals surface area contributed by atoms with Crippen LogP contribution in [0.5, 0.6) is 11.5 Å². The first-order valence-corrected chi connectivity index (χ1v) is 7.54. The summed E-state index contributed by atoms with van der Waals surface area (Å²) < 4.78 is 15.6. The highest BCUT2D eigenvalue weighted by atomic mass is 16.7. The second kappa shape index (κ2) is 7.04. The Morgan fingerprint density at radius 3 is 2.67 bits per heavy atom. The molecule has 1 N–H and O–H groups in total. The van der Waals surface area contributed by atoms with Crippen LogP contribution in [0.2, 0.25) is 0 Å². The molecule has 0 aliphatic carbocycles. The number of ether oxygens (including phenoxy) is 3. The largest absolute Gasteiger partial charge is 0.454 e. The Morgan fingerprint density at radius 1 is 1.12 bits per heavy atom. The minimum absolute atomic E-state index is 0.203. The number of esters is 1. The van der Waals surface area contributed by atoms with Gasteiger partial charge < -0.3 is 19.5 Å². The molecule has 0 saturated carbocycles. The normalized spacial score (nSPS) is 13.2. The van der Waals surface area contributed by atoms with E-state index in [-0.39, 0.29) is 25.3 Å². The van der Waals surface area contributed by atoms with Crippen molar-refractivity contribution in [1.29, 1.82) is 0 Å². The minimum atomic E-state index is -0.526. The number of benzene rings is 2. The molecule has 1 amide bonds. The van der Waals surface area contributed by atoms with Gasteiger partial charge in [-0.1, -0.05) is 24.3 Å². The van der Waals surface area contributed by atoms with Crippen LogP contribution >= 0.6 is 0 Å². The first kappa shape index (κ1) is 15.9. The Morgan fingerprint density at radius 2 is 1.88 bits per heavy atom. The molecule has 24 heavy (non-hydrogen) atoms. The molecule has 0 fully saturated rings. The third-order valence-electron chi connectivity index (χ3n) is 3.62. The van der Waals surface area contributed by atoms with Gasteiger partial charge in [0.2, 0.25) is 6.79 Å². The molecule has 0 unspecified atom stereocenters. The summed E-state index contributed by atoms with van der Waals surface area (Å²) in [5.41, 5.74) is 1.29. The van der Waals surface area contributed by atoms with Crippen molar-refractivity contribution in [2.45, 2.75) is 13.0 Å². The van der Waals surface area contributed by atoms with Crippen LogP contribution in [0.4, 0.5) is 0 Å². The Labute approximate surface area is 139 Å². The van der Waals surface area contributed by atoms with Gasteiger partial charge in [0.1, 0.15) is 0 Å². The van der Waals surface area contributed by atoms with Crippen molar-refractivity contribution >= 4 is 11.9 Å². The number of fused-ring (bicyclic) bond motifs is 1. The molecule has 2 aromatic rings. The first-order valence-electron chi connectivity index (χ1n) is 7.54. The van der Waals surface area contributed by atoms with Crippen molar-refractivity contribution in [3.8, 4) is 11.5 Å². The summed E-state index contributed by atoms with van der Waals surface area (Å²) in [4.78, 5) is 23.8. The monoisotopic (exact) mass is 327 g/mol. The molecule has 1 aliphatic heterocycles. The molecule has 6 nitrogen and oxygen atoms in total. The summed E-state index contributed by atoms with van der Waals surface area (Å²) in [5, 5.41) is 2.78. The lowest BCUT2D eigenvalue weighted by Gasteiger charge is -2.15. The smallest absolute Gasteiger partial charge is 0.338 e. The Bertz CT molecular complexity index is 744. The predicted octanol–water partition coefficient (Wildman–Crippen LogP) is 2.45. The molecule has 0 radical (unpaired) electrons. The number of rotatable bonds is 5. The van der Waals surface area contributed by atoms with E-state index in [1.165, 1.54) is 0 Å². The second-order valence-corrected chi connectivity index (χ2v) is 5.34. The standard InChI is InChI=1S/C18H17NO5/c1-12(14-7-8-15-16(9-14)24-11-23-15)19-17(20)10-22-18(21)13-5-3-2-4-6-13/h2-9,12H,10-11H2,1H3,(H,19,20)/t12-/m1/s1. The Balaban J connectivity index is 1.52. The zero-order valence-corrected chi connectivity index (χ0v) is 13.2. The molecule has 0 saturated heterocycles. The van der Waals surface area contributed by atoms with Crippen LogP contribution in [0.15, 0.2) is 48.5 Å². The number of carbonyl (C=O) groups excluding carboxylic acids is 2. The van der Waals surface area contributed by atoms with Crippen molar-refractivity contribution in [3.63, 3.8) is 0 Å². The molecule has 0 bridgehead atoms. The van der Waals surface area contributed by atoms with E-state index >= 15 is 0 Å². The number of hydrogen-bond donors (Lipinski definition) is 1. The zero-order valence-electron chi connectivity index (χ0n) is 13.2. The van der Waals surface area contributed by atoms with Crippen LogP contribution in [0.3, 0.4) is 0 Å². The minimum Gasteiger partial charge on any atom is -0.454 e. The van der Waals surface area contributed by atoms with Gasteiger partial charge in [0.25, 0.3) is 5.91 Å². The highest BCUT2D eigenvalue weighted by Crippen LogP contribution is 2.34. The summed E-state index contributed by atoms with van der Waals surface area (Å²) in [6, 6.07) is 13.8. The average molecular weight is 327 g/mol. The molecular weight excluding hydrogens is 310 g/mol. The van der Waals surface area contributed by atoms with E-state index in [4.69, 9.17) is 14.2 Å². The van der Waals surface area contributed by atoms with Crippen molar-refractivity contribution in [2.24, 2.45) is 0 Å². The lowest BCUT2D eigenvalue weighted by Crippen LogP contribution is -2.31. The van der Waals surface area contributed by atoms with Gasteiger partial charge in [0, 0.05) is 0 Å². The van der Waals surface area contributed by atoms with Gasteiger partial charge in [-0.05, 0) is 36.8 Å². The molecule has 0 spiro atoms. The van der Waals surface area contributed by atoms with E-state index in [1.807, 2.05) is 19.1 Å². The fourth-order valence-electron chi connectivity index (χ4n) is 2.34. The van der Waals surface area contributed by atoms with Gasteiger partial charge in [-0.3, -0.25) is 4.79 Å². The van der Waals surface area contributed by atoms with Crippen molar-refractivity contribution in [3.05, 3.63) is 59.7 Å². The van der Waals surface area contributed by atoms with Crippen molar-refractivity contribution < 1.29 is 23.8 Å². The van der Waals surface area contributed by atoms with Crippen LogP contribution in [-0.2, 0) is 9.53 Å². The maximum absolute atomic E-state index is 12.0. The molecule has 3 rings (SSSR count). The SMILES string of the molecule is C[C@@H](NC(=O)COC(=O)c1ccccc1)c1ccc2c(c1)OCO2. The molecular formula is C18H17NO5. The van der Waals surface area contributed by atoms with Gasteiger partial charge in [-0.2, -0.15) is 0 Å². The molecule has 1 aliphatic rings. The van der Waals surface area contributed by atoms with E-state index in [9.17, 15) is 9.59 Å². The lowest BCUT2D eigenvalue weighted by molar-refractivity contribution is -0.124. The average Bonchev–Trinajstić information content (AvgIpc) is 3.08. The molecule has 1 heterocycles. The quantitative estimate of drug-likeness (QED) is 0.854. The van der Waals surface area contributed by atoms with E-state index in [1.54, 1.807) is 36.4 Å². The maximum atomic E-state index is 12.0. The summed E-state index contributed by atoms with van der Waals surface area (Å²) in [6.07, 6.45) is 0. The van der Waals surface area contributed by atoms with E-state index in [0.717, 1.165) is 5.56 Å². The van der Waals surface area contributed by atoms with Crippen LogP contribution in [-0.4, -0.2) is 25.3 Å². The van der Waals surface area contributed by atoms with Crippen LogP contribution in [0, 0.1) is 0 Å². The summed E-state index contributed by atoms with van der Waals surface area (Å²) in [6.45, 7) is 1.71. The first-order chi connectivity index (χ1) is 11.6. The van der Waals surface area contributed by atoms with Crippen molar-refractivity contribution in [1.82, 2.24) is 5.32 Å². The van der Waals surface area contributed by atoms with Gasteiger partial charge in [0.15, 0.2) is 18.1 Å². The topological polar surface area (TPSA) is 73.9 Å². The van der Waals surface area contributed by atoms with Gasteiger partial charge in [-0.15, -0.1) is 0 Å². The van der Waals surface area contributed by atoms with Gasteiger partial charge >= 0.3 is 5.97 Å². The lowest BCUT2D eigenvalue weighted by atomic mass is 10.1. The van der Waals surface area contributed by atoms with Crippen LogP contribution in [0.25, 0.3) is 0 Å². The van der Waals surface area contributed by atoms with E-state index < -0.39 is 5.97 Å². The van der Waals surface area contributed by atoms with Gasteiger partial charge in [0.05, 0.1) is 11.6 Å². The maximum Gasteiger partial charge on any atom is 0.338 e. The molecule has 0 aromatic heterocycles. The van der Waals surface area contributed by atoms with Crippen LogP contribution in [0.1, 0.15) is 28.9 Å². The van der Waals surface area contributed by atoms with E-state index in [0.29, 0.717) is 17.1 Å². The fraction of sp³-hybridized carbons (Fsp3) is 0.222. The number of hydrogen-bond acceptors (Lipinski definition) is 5. The highest BCUT2D eigenvalue weighted by Gasteiger charge is 2.17. The van der Waals surface area contributed by atoms with Crippen LogP contribution < -0.4 is 14.8 Å². The highest BCUT2D eigenvalue weighted by molar-refractivity contribution is 5.91. The third-order valence-corrected chi connectivity index (χ3v) is 3.62. The van der Waals surface area contributed by atoms with E-state index in [2.05, 4.69) is 5.32 Å². The van der Waals surface area contributed by atoms with Gasteiger partial charge in [-0.25, -0.2) is 4.79 Å². The van der Waals surface area contributed by atoms with Crippen molar-refractivity contribution in [2.75, 3.05) is 13.4 Å². The second-order valence-electron chi connectivity index (χ2n) is 5.34. The number of nitrogens with one attached hydrogen (secondary N) is 1. The Hall–Kier alpha value is -3.02. The zero-order chi connectivity index (χ0) is 16.9.